The van der Waals surface area contributed by atoms with Gasteiger partial charge < -0.3 is 0 Å². The van der Waals surface area contributed by atoms with Crippen molar-refractivity contribution in [2.75, 3.05) is 0 Å². The zero-order chi connectivity index (χ0) is 20.1. The largest absolute Gasteiger partial charge is 0.276 e. The van der Waals surface area contributed by atoms with Crippen LogP contribution in [-0.2, 0) is 10.0 Å². The Labute approximate surface area is 164 Å². The molecular weight excluding hydrogens is 378 g/mol. The van der Waals surface area contributed by atoms with Crippen molar-refractivity contribution >= 4 is 21.4 Å². The first-order valence-electron chi connectivity index (χ1n) is 9.28. The van der Waals surface area contributed by atoms with Crippen LogP contribution in [-0.4, -0.2) is 19.1 Å². The minimum absolute atomic E-state index is 0.203. The Morgan fingerprint density at radius 2 is 1.79 bits per heavy atom. The Hall–Kier alpha value is -2.74. The number of nitro benzene ring substituents is 1. The maximum atomic E-state index is 12.4. The van der Waals surface area contributed by atoms with E-state index in [1.165, 1.54) is 55.9 Å². The molecule has 2 aromatic carbocycles. The highest BCUT2D eigenvalue weighted by molar-refractivity contribution is 7.89. The number of nitro groups is 1. The summed E-state index contributed by atoms with van der Waals surface area (Å²) in [6.45, 7) is 1.71. The van der Waals surface area contributed by atoms with E-state index in [0.717, 1.165) is 11.6 Å². The number of rotatable bonds is 6. The maximum absolute atomic E-state index is 12.4. The maximum Gasteiger partial charge on any atom is 0.276 e. The smallest absolute Gasteiger partial charge is 0.258 e. The quantitative estimate of drug-likeness (QED) is 0.442. The van der Waals surface area contributed by atoms with Crippen molar-refractivity contribution in [1.82, 2.24) is 4.83 Å². The average molecular weight is 401 g/mol. The standard InChI is InChI=1S/C20H23N3O4S/c1-15(16-10-12-18(13-11-16)17-6-3-2-4-7-17)21-22-28(26,27)20-9-5-8-19(14-20)23(24)25/h5,8-14,17,22H,2-4,6-7H2,1H3/b21-15+. The summed E-state index contributed by atoms with van der Waals surface area (Å²) in [5.74, 6) is 0.604. The first-order valence-corrected chi connectivity index (χ1v) is 10.8. The zero-order valence-corrected chi connectivity index (χ0v) is 16.5. The molecule has 7 nitrogen and oxygen atoms in total. The highest BCUT2D eigenvalue weighted by Gasteiger charge is 2.18. The molecule has 0 radical (unpaired) electrons. The molecule has 28 heavy (non-hydrogen) atoms. The third-order valence-electron chi connectivity index (χ3n) is 5.08. The number of sulfonamides is 1. The van der Waals surface area contributed by atoms with E-state index in [4.69, 9.17) is 0 Å². The molecule has 0 saturated heterocycles. The molecule has 2 aromatic rings. The van der Waals surface area contributed by atoms with E-state index in [-0.39, 0.29) is 10.6 Å². The van der Waals surface area contributed by atoms with Crippen LogP contribution in [0.25, 0.3) is 0 Å². The molecule has 0 unspecified atom stereocenters. The van der Waals surface area contributed by atoms with Crippen LogP contribution >= 0.6 is 0 Å². The Morgan fingerprint density at radius 3 is 2.43 bits per heavy atom. The lowest BCUT2D eigenvalue weighted by molar-refractivity contribution is -0.385. The lowest BCUT2D eigenvalue weighted by Crippen LogP contribution is -2.20. The van der Waals surface area contributed by atoms with Crippen molar-refractivity contribution in [3.63, 3.8) is 0 Å². The fourth-order valence-electron chi connectivity index (χ4n) is 3.44. The highest BCUT2D eigenvalue weighted by Crippen LogP contribution is 2.32. The molecule has 0 heterocycles. The van der Waals surface area contributed by atoms with Crippen LogP contribution in [0.3, 0.4) is 0 Å². The fraction of sp³-hybridized carbons (Fsp3) is 0.350. The Morgan fingerprint density at radius 1 is 1.11 bits per heavy atom. The molecule has 0 aliphatic heterocycles. The van der Waals surface area contributed by atoms with Gasteiger partial charge in [-0.05, 0) is 42.9 Å². The number of hydrogen-bond donors (Lipinski definition) is 1. The number of nitrogens with one attached hydrogen (secondary N) is 1. The van der Waals surface area contributed by atoms with Crippen LogP contribution in [0.5, 0.6) is 0 Å². The summed E-state index contributed by atoms with van der Waals surface area (Å²) in [6, 6.07) is 12.9. The summed E-state index contributed by atoms with van der Waals surface area (Å²) >= 11 is 0. The molecule has 1 aliphatic rings. The molecule has 0 amide bonds. The van der Waals surface area contributed by atoms with Crippen LogP contribution in [0, 0.1) is 10.1 Å². The highest BCUT2D eigenvalue weighted by atomic mass is 32.2. The normalized spacial score (nSPS) is 16.0. The molecule has 1 aliphatic carbocycles. The molecule has 1 N–H and O–H groups in total. The predicted octanol–water partition coefficient (Wildman–Crippen LogP) is 4.35. The van der Waals surface area contributed by atoms with Gasteiger partial charge in [-0.25, -0.2) is 0 Å². The van der Waals surface area contributed by atoms with Crippen LogP contribution in [0.4, 0.5) is 5.69 Å². The molecule has 3 rings (SSSR count). The van der Waals surface area contributed by atoms with Gasteiger partial charge in [0, 0.05) is 12.1 Å². The number of nitrogens with zero attached hydrogens (tertiary/aromatic N) is 2. The van der Waals surface area contributed by atoms with Gasteiger partial charge in [0.2, 0.25) is 0 Å². The van der Waals surface area contributed by atoms with Gasteiger partial charge in [-0.3, -0.25) is 10.1 Å². The first-order chi connectivity index (χ1) is 13.4. The van der Waals surface area contributed by atoms with Gasteiger partial charge in [-0.2, -0.15) is 18.4 Å². The van der Waals surface area contributed by atoms with Crippen LogP contribution in [0.2, 0.25) is 0 Å². The van der Waals surface area contributed by atoms with Gasteiger partial charge >= 0.3 is 0 Å². The van der Waals surface area contributed by atoms with E-state index >= 15 is 0 Å². The summed E-state index contributed by atoms with van der Waals surface area (Å²) in [4.78, 5) is 12.2. The summed E-state index contributed by atoms with van der Waals surface area (Å²) < 4.78 is 24.7. The number of hydrazone groups is 1. The van der Waals surface area contributed by atoms with Gasteiger partial charge in [0.1, 0.15) is 0 Å². The molecule has 8 heteroatoms. The third kappa shape index (κ3) is 4.75. The van der Waals surface area contributed by atoms with Gasteiger partial charge in [-0.15, -0.1) is 0 Å². The second-order valence-electron chi connectivity index (χ2n) is 7.00. The fourth-order valence-corrected chi connectivity index (χ4v) is 4.34. The Bertz CT molecular complexity index is 979. The zero-order valence-electron chi connectivity index (χ0n) is 15.7. The molecule has 148 valence electrons. The van der Waals surface area contributed by atoms with E-state index in [1.807, 2.05) is 12.1 Å². The van der Waals surface area contributed by atoms with Crippen molar-refractivity contribution in [1.29, 1.82) is 0 Å². The van der Waals surface area contributed by atoms with Gasteiger partial charge in [0.25, 0.3) is 15.7 Å². The lowest BCUT2D eigenvalue weighted by atomic mass is 9.84. The minimum Gasteiger partial charge on any atom is -0.258 e. The molecule has 1 saturated carbocycles. The van der Waals surface area contributed by atoms with E-state index in [9.17, 15) is 18.5 Å². The first kappa shape index (κ1) is 20.0. The summed E-state index contributed by atoms with van der Waals surface area (Å²) in [6.07, 6.45) is 6.29. The van der Waals surface area contributed by atoms with E-state index < -0.39 is 14.9 Å². The topological polar surface area (TPSA) is 102 Å². The molecule has 0 spiro atoms. The van der Waals surface area contributed by atoms with E-state index in [1.54, 1.807) is 6.92 Å². The van der Waals surface area contributed by atoms with Gasteiger partial charge in [0.05, 0.1) is 15.5 Å². The number of benzene rings is 2. The molecular formula is C20H23N3O4S. The lowest BCUT2D eigenvalue weighted by Gasteiger charge is -2.22. The summed E-state index contributed by atoms with van der Waals surface area (Å²) in [5.41, 5.74) is 2.36. The molecule has 1 fully saturated rings. The van der Waals surface area contributed by atoms with Crippen molar-refractivity contribution in [2.45, 2.75) is 49.8 Å². The molecule has 0 bridgehead atoms. The third-order valence-corrected chi connectivity index (χ3v) is 6.28. The predicted molar refractivity (Wildman–Crippen MR) is 108 cm³/mol. The van der Waals surface area contributed by atoms with E-state index in [0.29, 0.717) is 11.6 Å². The van der Waals surface area contributed by atoms with Gasteiger partial charge in [0.15, 0.2) is 0 Å². The number of non-ortho nitro benzene ring substituents is 1. The van der Waals surface area contributed by atoms with Gasteiger partial charge in [-0.1, -0.05) is 49.6 Å². The summed E-state index contributed by atoms with van der Waals surface area (Å²) in [5, 5.41) is 14.8. The minimum atomic E-state index is -3.99. The van der Waals surface area contributed by atoms with E-state index in [2.05, 4.69) is 22.1 Å². The van der Waals surface area contributed by atoms with Crippen molar-refractivity contribution in [2.24, 2.45) is 5.10 Å². The van der Waals surface area contributed by atoms with Crippen LogP contribution in [0.15, 0.2) is 58.5 Å². The second-order valence-corrected chi connectivity index (χ2v) is 8.66. The monoisotopic (exact) mass is 401 g/mol. The SMILES string of the molecule is C/C(=N\NS(=O)(=O)c1cccc([N+](=O)[O-])c1)c1ccc(C2CCCCC2)cc1. The molecule has 0 atom stereocenters. The van der Waals surface area contributed by atoms with Crippen molar-refractivity contribution in [3.8, 4) is 0 Å². The molecule has 0 aromatic heterocycles. The second kappa shape index (κ2) is 8.52. The Balaban J connectivity index is 1.72. The van der Waals surface area contributed by atoms with Crippen LogP contribution in [0.1, 0.15) is 56.1 Å². The summed E-state index contributed by atoms with van der Waals surface area (Å²) in [7, 11) is -3.99. The average Bonchev–Trinajstić information content (AvgIpc) is 2.73. The van der Waals surface area contributed by atoms with Crippen LogP contribution < -0.4 is 4.83 Å². The number of hydrogen-bond acceptors (Lipinski definition) is 5. The van der Waals surface area contributed by atoms with Crippen molar-refractivity contribution in [3.05, 3.63) is 69.8 Å². The Kier molecular flexibility index (Phi) is 6.08. The van der Waals surface area contributed by atoms with Crippen molar-refractivity contribution < 1.29 is 13.3 Å².